The van der Waals surface area contributed by atoms with Crippen molar-refractivity contribution in [1.82, 2.24) is 15.0 Å². The molecule has 0 saturated heterocycles. The average Bonchev–Trinajstić information content (AvgIpc) is 3.18. The van der Waals surface area contributed by atoms with E-state index in [0.717, 1.165) is 21.2 Å². The Morgan fingerprint density at radius 1 is 1.06 bits per heavy atom. The van der Waals surface area contributed by atoms with E-state index < -0.39 is 0 Å². The zero-order valence-corrected chi connectivity index (χ0v) is 20.1. The first kappa shape index (κ1) is 22.0. The lowest BCUT2D eigenvalue weighted by molar-refractivity contribution is 0.102. The number of carbonyl (C=O) groups excluding carboxylic acids is 1. The van der Waals surface area contributed by atoms with E-state index in [1.54, 1.807) is 23.0 Å². The molecule has 7 heteroatoms. The molecule has 3 aromatic carbocycles. The topological polar surface area (TPSA) is 69.0 Å². The van der Waals surface area contributed by atoms with Gasteiger partial charge in [0.2, 0.25) is 0 Å². The van der Waals surface area contributed by atoms with Crippen molar-refractivity contribution in [3.63, 3.8) is 0 Å². The summed E-state index contributed by atoms with van der Waals surface area (Å²) in [4.78, 5) is 14.5. The molecule has 1 heterocycles. The third-order valence-corrected chi connectivity index (χ3v) is 5.88. The number of hydrogen-bond donors (Lipinski definition) is 1. The number of aryl methyl sites for hydroxylation is 1. The van der Waals surface area contributed by atoms with Crippen molar-refractivity contribution in [2.24, 2.45) is 0 Å². The Morgan fingerprint density at radius 3 is 2.38 bits per heavy atom. The van der Waals surface area contributed by atoms with Crippen LogP contribution in [0.1, 0.15) is 48.2 Å². The highest BCUT2D eigenvalue weighted by Gasteiger charge is 2.13. The monoisotopic (exact) mass is 492 g/mol. The van der Waals surface area contributed by atoms with Crippen LogP contribution >= 0.6 is 15.9 Å². The summed E-state index contributed by atoms with van der Waals surface area (Å²) < 4.78 is 6.26. The molecule has 0 bridgehead atoms. The van der Waals surface area contributed by atoms with Gasteiger partial charge in [-0.3, -0.25) is 4.79 Å². The number of anilines is 1. The highest BCUT2D eigenvalue weighted by atomic mass is 79.9. The van der Waals surface area contributed by atoms with E-state index in [1.807, 2.05) is 38.1 Å². The van der Waals surface area contributed by atoms with Gasteiger partial charge in [-0.2, -0.15) is 4.80 Å². The lowest BCUT2D eigenvalue weighted by Gasteiger charge is -2.10. The molecule has 0 atom stereocenters. The van der Waals surface area contributed by atoms with Gasteiger partial charge in [0.05, 0.1) is 16.8 Å². The number of nitrogens with one attached hydrogen (secondary N) is 1. The number of nitrogens with zero attached hydrogens (tertiary/aromatic N) is 3. The number of aromatic nitrogens is 3. The van der Waals surface area contributed by atoms with Crippen molar-refractivity contribution in [3.8, 4) is 11.4 Å². The van der Waals surface area contributed by atoms with E-state index >= 15 is 0 Å². The molecule has 0 unspecified atom stereocenters. The largest absolute Gasteiger partial charge is 0.493 e. The number of hydrogen-bond acceptors (Lipinski definition) is 4. The van der Waals surface area contributed by atoms with Crippen molar-refractivity contribution in [1.29, 1.82) is 0 Å². The van der Waals surface area contributed by atoms with E-state index in [9.17, 15) is 4.79 Å². The third kappa shape index (κ3) is 4.53. The Labute approximate surface area is 195 Å². The summed E-state index contributed by atoms with van der Waals surface area (Å²) in [5.41, 5.74) is 5.81. The number of fused-ring (bicyclic) bond motifs is 1. The zero-order chi connectivity index (χ0) is 22.8. The Hall–Kier alpha value is -3.19. The first-order valence-electron chi connectivity index (χ1n) is 10.6. The number of rotatable bonds is 6. The van der Waals surface area contributed by atoms with Crippen LogP contribution in [0.5, 0.6) is 5.75 Å². The first-order valence-corrected chi connectivity index (χ1v) is 11.4. The van der Waals surface area contributed by atoms with Crippen LogP contribution in [-0.4, -0.2) is 27.5 Å². The fraction of sp³-hybridized carbons (Fsp3) is 0.240. The van der Waals surface area contributed by atoms with Gasteiger partial charge in [0.1, 0.15) is 16.8 Å². The minimum absolute atomic E-state index is 0.201. The van der Waals surface area contributed by atoms with Crippen molar-refractivity contribution in [2.75, 3.05) is 11.9 Å². The standard InChI is InChI=1S/C25H25BrN4O2/c1-5-32-24-11-8-18(13-20(24)26)25(31)27-21-14-23-22(12-16(21)4)28-30(29-23)19-9-6-17(7-10-19)15(2)3/h6-15H,5H2,1-4H3,(H,27,31). The van der Waals surface area contributed by atoms with Crippen molar-refractivity contribution in [2.45, 2.75) is 33.6 Å². The van der Waals surface area contributed by atoms with Gasteiger partial charge in [-0.15, -0.1) is 10.2 Å². The van der Waals surface area contributed by atoms with Crippen molar-refractivity contribution >= 4 is 38.6 Å². The molecule has 6 nitrogen and oxygen atoms in total. The maximum atomic E-state index is 12.8. The molecule has 0 radical (unpaired) electrons. The summed E-state index contributed by atoms with van der Waals surface area (Å²) in [6.07, 6.45) is 0. The summed E-state index contributed by atoms with van der Waals surface area (Å²) >= 11 is 3.46. The average molecular weight is 493 g/mol. The van der Waals surface area contributed by atoms with E-state index in [0.29, 0.717) is 35.0 Å². The highest BCUT2D eigenvalue weighted by Crippen LogP contribution is 2.27. The first-order chi connectivity index (χ1) is 15.4. The quantitative estimate of drug-likeness (QED) is 0.344. The maximum Gasteiger partial charge on any atom is 0.255 e. The summed E-state index contributed by atoms with van der Waals surface area (Å²) in [5, 5.41) is 12.2. The predicted octanol–water partition coefficient (Wildman–Crippen LogP) is 6.27. The van der Waals surface area contributed by atoms with Crippen LogP contribution in [0.4, 0.5) is 5.69 Å². The second kappa shape index (κ2) is 9.12. The van der Waals surface area contributed by atoms with Crippen LogP contribution in [0, 0.1) is 6.92 Å². The minimum Gasteiger partial charge on any atom is -0.493 e. The van der Waals surface area contributed by atoms with Crippen molar-refractivity contribution < 1.29 is 9.53 Å². The molecule has 1 N–H and O–H groups in total. The Bertz CT molecular complexity index is 1280. The van der Waals surface area contributed by atoms with Gasteiger partial charge in [-0.05, 0) is 89.3 Å². The second-order valence-electron chi connectivity index (χ2n) is 7.92. The van der Waals surface area contributed by atoms with Gasteiger partial charge < -0.3 is 10.1 Å². The summed E-state index contributed by atoms with van der Waals surface area (Å²) in [6, 6.07) is 17.3. The Kier molecular flexibility index (Phi) is 6.28. The molecule has 4 aromatic rings. The summed E-state index contributed by atoms with van der Waals surface area (Å²) in [6.45, 7) is 8.76. The molecule has 4 rings (SSSR count). The van der Waals surface area contributed by atoms with E-state index in [-0.39, 0.29) is 5.91 Å². The minimum atomic E-state index is -0.201. The van der Waals surface area contributed by atoms with Gasteiger partial charge in [0.15, 0.2) is 0 Å². The molecule has 0 fully saturated rings. The summed E-state index contributed by atoms with van der Waals surface area (Å²) in [5.74, 6) is 0.978. The molecule has 0 aliphatic heterocycles. The molecule has 32 heavy (non-hydrogen) atoms. The molecule has 0 saturated carbocycles. The zero-order valence-electron chi connectivity index (χ0n) is 18.5. The summed E-state index contributed by atoms with van der Waals surface area (Å²) in [7, 11) is 0. The molecular formula is C25H25BrN4O2. The second-order valence-corrected chi connectivity index (χ2v) is 8.78. The van der Waals surface area contributed by atoms with Gasteiger partial charge >= 0.3 is 0 Å². The number of halogens is 1. The van der Waals surface area contributed by atoms with Crippen molar-refractivity contribution in [3.05, 3.63) is 75.8 Å². The van der Waals surface area contributed by atoms with Gasteiger partial charge in [-0.1, -0.05) is 26.0 Å². The molecule has 1 amide bonds. The van der Waals surface area contributed by atoms with Crippen LogP contribution in [-0.2, 0) is 0 Å². The number of carbonyl (C=O) groups is 1. The van der Waals surface area contributed by atoms with Gasteiger partial charge in [-0.25, -0.2) is 0 Å². The molecule has 164 valence electrons. The normalized spacial score (nSPS) is 11.2. The van der Waals surface area contributed by atoms with E-state index in [1.165, 1.54) is 5.56 Å². The molecule has 0 spiro atoms. The molecule has 1 aromatic heterocycles. The maximum absolute atomic E-state index is 12.8. The third-order valence-electron chi connectivity index (χ3n) is 5.26. The molecule has 0 aliphatic carbocycles. The van der Waals surface area contributed by atoms with Gasteiger partial charge in [0.25, 0.3) is 5.91 Å². The molecule has 0 aliphatic rings. The smallest absolute Gasteiger partial charge is 0.255 e. The van der Waals surface area contributed by atoms with Crippen LogP contribution in [0.3, 0.4) is 0 Å². The fourth-order valence-electron chi connectivity index (χ4n) is 3.42. The highest BCUT2D eigenvalue weighted by molar-refractivity contribution is 9.10. The number of amides is 1. The Morgan fingerprint density at radius 2 is 1.75 bits per heavy atom. The van der Waals surface area contributed by atoms with E-state index in [4.69, 9.17) is 4.74 Å². The number of benzene rings is 3. The lowest BCUT2D eigenvalue weighted by Crippen LogP contribution is -2.13. The van der Waals surface area contributed by atoms with Crippen LogP contribution < -0.4 is 10.1 Å². The van der Waals surface area contributed by atoms with Crippen LogP contribution in [0.15, 0.2) is 59.1 Å². The van der Waals surface area contributed by atoms with Crippen LogP contribution in [0.2, 0.25) is 0 Å². The lowest BCUT2D eigenvalue weighted by atomic mass is 10.0. The van der Waals surface area contributed by atoms with Crippen LogP contribution in [0.25, 0.3) is 16.7 Å². The predicted molar refractivity (Wildman–Crippen MR) is 131 cm³/mol. The van der Waals surface area contributed by atoms with Gasteiger partial charge in [0, 0.05) is 11.3 Å². The molecular weight excluding hydrogens is 468 g/mol. The Balaban J connectivity index is 1.59. The van der Waals surface area contributed by atoms with E-state index in [2.05, 4.69) is 57.4 Å². The number of ether oxygens (including phenoxy) is 1. The SMILES string of the molecule is CCOc1ccc(C(=O)Nc2cc3nn(-c4ccc(C(C)C)cc4)nc3cc2C)cc1Br. The fourth-order valence-corrected chi connectivity index (χ4v) is 3.91.